The van der Waals surface area contributed by atoms with Crippen LogP contribution < -0.4 is 0 Å². The van der Waals surface area contributed by atoms with Crippen molar-refractivity contribution in [3.63, 3.8) is 0 Å². The molecule has 0 aromatic heterocycles. The Balaban J connectivity index is -0.000000125. The van der Waals surface area contributed by atoms with Crippen LogP contribution in [0.2, 0.25) is 0 Å². The molecule has 3 heteroatoms. The van der Waals surface area contributed by atoms with E-state index in [1.807, 2.05) is 4.40 Å². The van der Waals surface area contributed by atoms with Gasteiger partial charge in [0.05, 0.1) is 0 Å². The zero-order valence-electron chi connectivity index (χ0n) is 4.74. The third-order valence-corrected chi connectivity index (χ3v) is 0.815. The molecule has 0 rings (SSSR count). The van der Waals surface area contributed by atoms with Crippen molar-refractivity contribution in [2.45, 2.75) is 0 Å². The average molecular weight is 354 g/mol. The van der Waals surface area contributed by atoms with Crippen LogP contribution in [0.3, 0.4) is 0 Å². The van der Waals surface area contributed by atoms with E-state index in [-0.39, 0.29) is 40.1 Å². The molecular weight excluding hydrogens is 347 g/mol. The summed E-state index contributed by atoms with van der Waals surface area (Å²) in [6.45, 7) is 4.74. The maximum Gasteiger partial charge on any atom is 0 e. The van der Waals surface area contributed by atoms with E-state index >= 15 is 0 Å². The fraction of sp³-hybridized carbons (Fsp3) is 0. The van der Waals surface area contributed by atoms with Gasteiger partial charge in [-0.15, -0.1) is 0 Å². The number of rotatable bonds is 2. The van der Waals surface area contributed by atoms with E-state index in [0.29, 0.717) is 0 Å². The minimum atomic E-state index is 0. The van der Waals surface area contributed by atoms with Crippen molar-refractivity contribution in [1.29, 1.82) is 0 Å². The van der Waals surface area contributed by atoms with Crippen LogP contribution in [0.5, 0.6) is 0 Å². The molecule has 1 radical (unpaired) electrons. The molecule has 0 bridgehead atoms. The Bertz CT molecular complexity index is 70.5. The molecule has 0 unspecified atom stereocenters. The predicted molar refractivity (Wildman–Crippen MR) is 30.1 cm³/mol. The van der Waals surface area contributed by atoms with Crippen LogP contribution in [0.1, 0.15) is 0 Å². The molecule has 1 nitrogen and oxygen atoms in total. The first-order chi connectivity index (χ1) is 2.91. The number of allylic oxidation sites excluding steroid dienone is 1. The van der Waals surface area contributed by atoms with Gasteiger partial charge in [-0.2, -0.15) is 0 Å². The van der Waals surface area contributed by atoms with E-state index in [1.165, 1.54) is 19.4 Å². The van der Waals surface area contributed by atoms with Gasteiger partial charge >= 0.3 is 47.7 Å². The first kappa shape index (κ1) is 16.0. The Morgan fingerprint density at radius 1 is 1.50 bits per heavy atom. The summed E-state index contributed by atoms with van der Waals surface area (Å²) >= 11 is 1.41. The van der Waals surface area contributed by atoms with Crippen LogP contribution >= 0.6 is 0 Å². The molecule has 43 valence electrons. The number of aliphatic imine (C=N–C) groups is 1. The molecule has 0 fully saturated rings. The minimum Gasteiger partial charge on any atom is -0.358 e. The van der Waals surface area contributed by atoms with E-state index in [0.717, 1.165) is 0 Å². The Labute approximate surface area is 86.9 Å². The monoisotopic (exact) mass is 354 g/mol. The van der Waals surface area contributed by atoms with Gasteiger partial charge in [-0.3, -0.25) is 0 Å². The zero-order chi connectivity index (χ0) is 4.83. The van der Waals surface area contributed by atoms with Crippen molar-refractivity contribution < 1.29 is 52.1 Å². The SMILES string of the molecule is [CH-]=NC=C[CH]=[W].[CH3-].[Y]. The molecule has 0 aliphatic rings. The normalized spacial score (nSPS) is 6.50. The fourth-order valence-electron chi connectivity index (χ4n) is 0.0848. The minimum absolute atomic E-state index is 0. The summed E-state index contributed by atoms with van der Waals surface area (Å²) < 4.78 is 1.94. The second-order valence-electron chi connectivity index (χ2n) is 0.627. The van der Waals surface area contributed by atoms with Crippen molar-refractivity contribution in [3.8, 4) is 0 Å². The summed E-state index contributed by atoms with van der Waals surface area (Å²) in [7, 11) is 0. The second kappa shape index (κ2) is 15.7. The Morgan fingerprint density at radius 2 is 2.00 bits per heavy atom. The summed E-state index contributed by atoms with van der Waals surface area (Å²) in [6, 6.07) is 0. The van der Waals surface area contributed by atoms with E-state index in [4.69, 9.17) is 6.72 Å². The van der Waals surface area contributed by atoms with Crippen molar-refractivity contribution in [2.24, 2.45) is 4.99 Å². The molecule has 0 aromatic rings. The molecule has 0 aliphatic heterocycles. The van der Waals surface area contributed by atoms with Crippen LogP contribution in [0.4, 0.5) is 0 Å². The summed E-state index contributed by atoms with van der Waals surface area (Å²) in [4.78, 5) is 3.23. The maximum absolute atomic E-state index is 4.74. The second-order valence-corrected chi connectivity index (χ2v) is 1.60. The van der Waals surface area contributed by atoms with Crippen LogP contribution in [0, 0.1) is 7.43 Å². The Hall–Kier alpha value is 1.07. The third kappa shape index (κ3) is 15.7. The largest absolute Gasteiger partial charge is 0.358 e. The first-order valence-electron chi connectivity index (χ1n) is 1.42. The quantitative estimate of drug-likeness (QED) is 0.516. The smallest absolute Gasteiger partial charge is 0 e. The van der Waals surface area contributed by atoms with Gasteiger partial charge < -0.3 is 7.43 Å². The zero-order valence-corrected chi connectivity index (χ0v) is 10.5. The predicted octanol–water partition coefficient (Wildman–Crippen LogP) is 0.874. The van der Waals surface area contributed by atoms with Gasteiger partial charge in [-0.05, 0) is 0 Å². The molecule has 0 N–H and O–H groups in total. The fourth-order valence-corrected chi connectivity index (χ4v) is 0.337. The van der Waals surface area contributed by atoms with Gasteiger partial charge in [0.25, 0.3) is 0 Å². The standard InChI is InChI=1S/C4H4N.CH3.W.Y/c1-3-4-5-2;;;/h1-4H;1H3;;/q2*-1;;. The molecule has 0 aliphatic carbocycles. The van der Waals surface area contributed by atoms with Gasteiger partial charge in [0.2, 0.25) is 0 Å². The topological polar surface area (TPSA) is 12.4 Å². The van der Waals surface area contributed by atoms with E-state index in [9.17, 15) is 0 Å². The van der Waals surface area contributed by atoms with Crippen molar-refractivity contribution >= 4 is 11.1 Å². The molecule has 0 heterocycles. The van der Waals surface area contributed by atoms with Gasteiger partial charge in [-0.25, -0.2) is 0 Å². The van der Waals surface area contributed by atoms with Gasteiger partial charge in [0.15, 0.2) is 0 Å². The van der Waals surface area contributed by atoms with E-state index < -0.39 is 0 Å². The molecule has 0 amide bonds. The van der Waals surface area contributed by atoms with E-state index in [2.05, 4.69) is 4.99 Å². The summed E-state index contributed by atoms with van der Waals surface area (Å²) in [6.07, 6.45) is 3.35. The molecular formula is C5H7NWY-2. The number of hydrogen-bond acceptors (Lipinski definition) is 1. The van der Waals surface area contributed by atoms with Crippen molar-refractivity contribution in [3.05, 3.63) is 19.7 Å². The molecule has 0 saturated carbocycles. The van der Waals surface area contributed by atoms with Crippen LogP contribution in [-0.4, -0.2) is 11.1 Å². The van der Waals surface area contributed by atoms with Crippen molar-refractivity contribution in [2.75, 3.05) is 0 Å². The van der Waals surface area contributed by atoms with Gasteiger partial charge in [0.1, 0.15) is 0 Å². The molecule has 0 atom stereocenters. The van der Waals surface area contributed by atoms with Crippen molar-refractivity contribution in [1.82, 2.24) is 0 Å². The summed E-state index contributed by atoms with van der Waals surface area (Å²) in [5.74, 6) is 0. The number of hydrogen-bond donors (Lipinski definition) is 0. The maximum atomic E-state index is 4.74. The van der Waals surface area contributed by atoms with Crippen LogP contribution in [0.15, 0.2) is 17.3 Å². The Morgan fingerprint density at radius 3 is 2.12 bits per heavy atom. The number of nitrogens with zero attached hydrogens (tertiary/aromatic N) is 1. The van der Waals surface area contributed by atoms with Crippen LogP contribution in [0.25, 0.3) is 0 Å². The average Bonchev–Trinajstić information content (AvgIpc) is 1.61. The van der Waals surface area contributed by atoms with Gasteiger partial charge in [-0.1, -0.05) is 0 Å². The summed E-state index contributed by atoms with van der Waals surface area (Å²) in [5, 5.41) is 0. The molecule has 0 spiro atoms. The summed E-state index contributed by atoms with van der Waals surface area (Å²) in [5.41, 5.74) is 0. The third-order valence-electron chi connectivity index (χ3n) is 0.251. The molecule has 0 aromatic carbocycles. The first-order valence-corrected chi connectivity index (χ1v) is 3.11. The molecule has 0 saturated heterocycles. The molecule has 8 heavy (non-hydrogen) atoms. The van der Waals surface area contributed by atoms with E-state index in [1.54, 1.807) is 12.3 Å². The van der Waals surface area contributed by atoms with Crippen LogP contribution in [-0.2, 0) is 52.1 Å². The van der Waals surface area contributed by atoms with Gasteiger partial charge in [0, 0.05) is 32.7 Å². The Kier molecular flexibility index (Phi) is 31.5.